The second-order valence-electron chi connectivity index (χ2n) is 6.07. The van der Waals surface area contributed by atoms with Gasteiger partial charge in [0.25, 0.3) is 0 Å². The van der Waals surface area contributed by atoms with Crippen molar-refractivity contribution in [3.8, 4) is 5.75 Å². The van der Waals surface area contributed by atoms with Crippen molar-refractivity contribution in [2.75, 3.05) is 7.05 Å². The second-order valence-corrected chi connectivity index (χ2v) is 6.99. The van der Waals surface area contributed by atoms with E-state index in [-0.39, 0.29) is 0 Å². The maximum absolute atomic E-state index is 10.2. The SMILES string of the molecule is Cc1cc(Br)cc(CN(C)C2CCCC(C)C2)c1O. The fraction of sp³-hybridized carbons (Fsp3) is 0.625. The summed E-state index contributed by atoms with van der Waals surface area (Å²) in [5.74, 6) is 1.28. The highest BCUT2D eigenvalue weighted by atomic mass is 79.9. The molecular weight excluding hydrogens is 302 g/mol. The molecule has 0 amide bonds. The maximum atomic E-state index is 10.2. The molecule has 1 saturated carbocycles. The van der Waals surface area contributed by atoms with Crippen molar-refractivity contribution in [2.24, 2.45) is 5.92 Å². The van der Waals surface area contributed by atoms with E-state index in [0.29, 0.717) is 11.8 Å². The monoisotopic (exact) mass is 325 g/mol. The zero-order valence-corrected chi connectivity index (χ0v) is 13.7. The van der Waals surface area contributed by atoms with Gasteiger partial charge in [-0.2, -0.15) is 0 Å². The zero-order valence-electron chi connectivity index (χ0n) is 12.1. The highest BCUT2D eigenvalue weighted by Crippen LogP contribution is 2.31. The van der Waals surface area contributed by atoms with Crippen LogP contribution in [0.25, 0.3) is 0 Å². The standard InChI is InChI=1S/C16H24BrNO/c1-11-5-4-6-15(7-11)18(3)10-13-9-14(17)8-12(2)16(13)19/h8-9,11,15,19H,4-7,10H2,1-3H3. The fourth-order valence-electron chi connectivity index (χ4n) is 3.13. The summed E-state index contributed by atoms with van der Waals surface area (Å²) in [6.45, 7) is 5.12. The Morgan fingerprint density at radius 2 is 2.11 bits per heavy atom. The van der Waals surface area contributed by atoms with Gasteiger partial charge in [-0.25, -0.2) is 0 Å². The van der Waals surface area contributed by atoms with E-state index >= 15 is 0 Å². The van der Waals surface area contributed by atoms with Gasteiger partial charge in [0.2, 0.25) is 0 Å². The van der Waals surface area contributed by atoms with Crippen molar-refractivity contribution in [3.63, 3.8) is 0 Å². The number of aryl methyl sites for hydroxylation is 1. The molecule has 2 rings (SSSR count). The summed E-state index contributed by atoms with van der Waals surface area (Å²) < 4.78 is 1.04. The van der Waals surface area contributed by atoms with Crippen molar-refractivity contribution < 1.29 is 5.11 Å². The number of nitrogens with zero attached hydrogens (tertiary/aromatic N) is 1. The minimum Gasteiger partial charge on any atom is -0.507 e. The van der Waals surface area contributed by atoms with Gasteiger partial charge in [0.15, 0.2) is 0 Å². The zero-order chi connectivity index (χ0) is 14.0. The van der Waals surface area contributed by atoms with E-state index in [4.69, 9.17) is 0 Å². The molecule has 0 aromatic heterocycles. The predicted molar refractivity (Wildman–Crippen MR) is 83.4 cm³/mol. The van der Waals surface area contributed by atoms with Crippen LogP contribution < -0.4 is 0 Å². The number of aromatic hydroxyl groups is 1. The Kier molecular flexibility index (Phi) is 4.91. The third kappa shape index (κ3) is 3.73. The smallest absolute Gasteiger partial charge is 0.123 e. The maximum Gasteiger partial charge on any atom is 0.123 e. The average molecular weight is 326 g/mol. The van der Waals surface area contributed by atoms with Crippen LogP contribution in [-0.4, -0.2) is 23.1 Å². The van der Waals surface area contributed by atoms with E-state index in [2.05, 4.69) is 34.8 Å². The van der Waals surface area contributed by atoms with Crippen LogP contribution in [-0.2, 0) is 6.54 Å². The van der Waals surface area contributed by atoms with Gasteiger partial charge in [0.1, 0.15) is 5.75 Å². The molecular formula is C16H24BrNO. The predicted octanol–water partition coefficient (Wildman–Crippen LogP) is 4.47. The number of hydrogen-bond acceptors (Lipinski definition) is 2. The van der Waals surface area contributed by atoms with Gasteiger partial charge in [-0.15, -0.1) is 0 Å². The lowest BCUT2D eigenvalue weighted by atomic mass is 9.86. The van der Waals surface area contributed by atoms with Gasteiger partial charge < -0.3 is 5.11 Å². The molecule has 3 heteroatoms. The Balaban J connectivity index is 2.08. The van der Waals surface area contributed by atoms with Crippen molar-refractivity contribution in [1.82, 2.24) is 4.90 Å². The molecule has 2 atom stereocenters. The molecule has 0 bridgehead atoms. The largest absolute Gasteiger partial charge is 0.507 e. The number of benzene rings is 1. The van der Waals surface area contributed by atoms with E-state index in [0.717, 1.165) is 28.1 Å². The van der Waals surface area contributed by atoms with Crippen LogP contribution in [0.4, 0.5) is 0 Å². The summed E-state index contributed by atoms with van der Waals surface area (Å²) >= 11 is 3.51. The molecule has 0 aliphatic heterocycles. The van der Waals surface area contributed by atoms with Gasteiger partial charge in [0.05, 0.1) is 0 Å². The Hall–Kier alpha value is -0.540. The van der Waals surface area contributed by atoms with E-state index in [9.17, 15) is 5.11 Å². The first-order chi connectivity index (χ1) is 8.97. The van der Waals surface area contributed by atoms with Crippen LogP contribution >= 0.6 is 15.9 Å². The summed E-state index contributed by atoms with van der Waals surface area (Å²) in [5.41, 5.74) is 1.96. The first-order valence-corrected chi connectivity index (χ1v) is 7.95. The van der Waals surface area contributed by atoms with Gasteiger partial charge in [0, 0.05) is 22.6 Å². The molecule has 1 aromatic carbocycles. The average Bonchev–Trinajstić information content (AvgIpc) is 2.35. The van der Waals surface area contributed by atoms with E-state index < -0.39 is 0 Å². The van der Waals surface area contributed by atoms with Crippen LogP contribution in [0.15, 0.2) is 16.6 Å². The minimum atomic E-state index is 0.443. The summed E-state index contributed by atoms with van der Waals surface area (Å²) in [6.07, 6.45) is 5.27. The molecule has 106 valence electrons. The molecule has 2 unspecified atom stereocenters. The first-order valence-electron chi connectivity index (χ1n) is 7.15. The summed E-state index contributed by atoms with van der Waals surface area (Å²) in [4.78, 5) is 2.40. The van der Waals surface area contributed by atoms with Crippen LogP contribution in [0, 0.1) is 12.8 Å². The van der Waals surface area contributed by atoms with Gasteiger partial charge in [-0.3, -0.25) is 4.90 Å². The Morgan fingerprint density at radius 3 is 2.79 bits per heavy atom. The first kappa shape index (κ1) is 14.9. The summed E-state index contributed by atoms with van der Waals surface area (Å²) in [7, 11) is 2.18. The number of halogens is 1. The van der Waals surface area contributed by atoms with Gasteiger partial charge >= 0.3 is 0 Å². The lowest BCUT2D eigenvalue weighted by Crippen LogP contribution is -2.35. The summed E-state index contributed by atoms with van der Waals surface area (Å²) in [5, 5.41) is 10.2. The van der Waals surface area contributed by atoms with Crippen molar-refractivity contribution >= 4 is 15.9 Å². The Morgan fingerprint density at radius 1 is 1.37 bits per heavy atom. The van der Waals surface area contributed by atoms with E-state index in [1.165, 1.54) is 25.7 Å². The van der Waals surface area contributed by atoms with E-state index in [1.807, 2.05) is 19.1 Å². The molecule has 0 spiro atoms. The second kappa shape index (κ2) is 6.27. The number of hydrogen-bond donors (Lipinski definition) is 1. The highest BCUT2D eigenvalue weighted by Gasteiger charge is 2.23. The summed E-state index contributed by atoms with van der Waals surface area (Å²) in [6, 6.07) is 4.65. The minimum absolute atomic E-state index is 0.443. The van der Waals surface area contributed by atoms with Crippen molar-refractivity contribution in [1.29, 1.82) is 0 Å². The topological polar surface area (TPSA) is 23.5 Å². The molecule has 1 aliphatic carbocycles. The molecule has 0 heterocycles. The molecule has 1 aliphatic rings. The van der Waals surface area contributed by atoms with Gasteiger partial charge in [-0.05, 0) is 50.4 Å². The number of phenols is 1. The van der Waals surface area contributed by atoms with Gasteiger partial charge in [-0.1, -0.05) is 35.7 Å². The van der Waals surface area contributed by atoms with Crippen molar-refractivity contribution in [3.05, 3.63) is 27.7 Å². The molecule has 1 N–H and O–H groups in total. The number of rotatable bonds is 3. The lowest BCUT2D eigenvalue weighted by molar-refractivity contribution is 0.156. The lowest BCUT2D eigenvalue weighted by Gasteiger charge is -2.34. The third-order valence-electron chi connectivity index (χ3n) is 4.30. The highest BCUT2D eigenvalue weighted by molar-refractivity contribution is 9.10. The van der Waals surface area contributed by atoms with Crippen molar-refractivity contribution in [2.45, 2.75) is 52.1 Å². The Bertz CT molecular complexity index is 447. The third-order valence-corrected chi connectivity index (χ3v) is 4.75. The van der Waals surface area contributed by atoms with Crippen LogP contribution in [0.1, 0.15) is 43.7 Å². The van der Waals surface area contributed by atoms with Crippen LogP contribution in [0.2, 0.25) is 0 Å². The molecule has 2 nitrogen and oxygen atoms in total. The number of phenolic OH excluding ortho intramolecular Hbond substituents is 1. The normalized spacial score (nSPS) is 23.8. The molecule has 1 aromatic rings. The van der Waals surface area contributed by atoms with Crippen LogP contribution in [0.3, 0.4) is 0 Å². The van der Waals surface area contributed by atoms with Crippen LogP contribution in [0.5, 0.6) is 5.75 Å². The molecule has 19 heavy (non-hydrogen) atoms. The fourth-order valence-corrected chi connectivity index (χ4v) is 3.75. The Labute approximate surface area is 124 Å². The quantitative estimate of drug-likeness (QED) is 0.886. The molecule has 0 radical (unpaired) electrons. The molecule has 0 saturated heterocycles. The van der Waals surface area contributed by atoms with E-state index in [1.54, 1.807) is 0 Å². The molecule has 1 fully saturated rings.